The Hall–Kier alpha value is -1.57. The lowest BCUT2D eigenvalue weighted by Gasteiger charge is -2.44. The van der Waals surface area contributed by atoms with Gasteiger partial charge < -0.3 is 16.2 Å². The molecule has 23 heavy (non-hydrogen) atoms. The van der Waals surface area contributed by atoms with Crippen LogP contribution >= 0.6 is 11.8 Å². The standard InChI is InChI=1S/C16H21N3O3S/c1-16(2)12(15(21)22)19-8-10(14(19)23-16)18-13(20)11(17)9-6-4-3-5-7-9/h3-7,10-12,14H,8,17H2,1-2H3,(H,18,20)(H,21,22). The lowest BCUT2D eigenvalue weighted by molar-refractivity contribution is -0.146. The van der Waals surface area contributed by atoms with Gasteiger partial charge in [0.05, 0.1) is 11.4 Å². The minimum Gasteiger partial charge on any atom is -0.480 e. The van der Waals surface area contributed by atoms with Gasteiger partial charge in [0.2, 0.25) is 5.91 Å². The molecular weight excluding hydrogens is 314 g/mol. The van der Waals surface area contributed by atoms with Crippen molar-refractivity contribution >= 4 is 23.6 Å². The summed E-state index contributed by atoms with van der Waals surface area (Å²) >= 11 is 1.60. The predicted molar refractivity (Wildman–Crippen MR) is 88.9 cm³/mol. The van der Waals surface area contributed by atoms with Crippen LogP contribution in [0.1, 0.15) is 25.5 Å². The average Bonchev–Trinajstić information content (AvgIpc) is 2.72. The molecule has 1 aromatic rings. The van der Waals surface area contributed by atoms with Crippen LogP contribution < -0.4 is 11.1 Å². The third kappa shape index (κ3) is 2.84. The van der Waals surface area contributed by atoms with E-state index < -0.39 is 18.1 Å². The minimum absolute atomic E-state index is 0.00183. The van der Waals surface area contributed by atoms with Gasteiger partial charge in [0.25, 0.3) is 0 Å². The maximum atomic E-state index is 12.3. The van der Waals surface area contributed by atoms with Crippen molar-refractivity contribution in [2.24, 2.45) is 5.73 Å². The van der Waals surface area contributed by atoms with E-state index in [1.807, 2.05) is 49.1 Å². The van der Waals surface area contributed by atoms with Gasteiger partial charge in [-0.2, -0.15) is 0 Å². The van der Waals surface area contributed by atoms with Gasteiger partial charge in [-0.3, -0.25) is 14.5 Å². The minimum atomic E-state index is -0.809. The first-order chi connectivity index (χ1) is 10.8. The normalized spacial score (nSPS) is 30.1. The van der Waals surface area contributed by atoms with Crippen molar-refractivity contribution in [3.8, 4) is 0 Å². The summed E-state index contributed by atoms with van der Waals surface area (Å²) in [5.41, 5.74) is 6.77. The molecule has 0 radical (unpaired) electrons. The van der Waals surface area contributed by atoms with Crippen LogP contribution in [0.3, 0.4) is 0 Å². The molecule has 1 aromatic carbocycles. The van der Waals surface area contributed by atoms with Crippen molar-refractivity contribution < 1.29 is 14.7 Å². The Morgan fingerprint density at radius 1 is 1.39 bits per heavy atom. The van der Waals surface area contributed by atoms with E-state index in [1.165, 1.54) is 0 Å². The number of amides is 1. The van der Waals surface area contributed by atoms with Crippen LogP contribution in [-0.4, -0.2) is 50.6 Å². The van der Waals surface area contributed by atoms with Crippen LogP contribution in [0.25, 0.3) is 0 Å². The molecule has 2 heterocycles. The molecule has 0 saturated carbocycles. The lowest BCUT2D eigenvalue weighted by Crippen LogP contribution is -2.67. The highest BCUT2D eigenvalue weighted by atomic mass is 32.2. The fourth-order valence-electron chi connectivity index (χ4n) is 3.33. The van der Waals surface area contributed by atoms with Crippen molar-refractivity contribution in [3.05, 3.63) is 35.9 Å². The van der Waals surface area contributed by atoms with Crippen LogP contribution in [0.2, 0.25) is 0 Å². The lowest BCUT2D eigenvalue weighted by atomic mass is 9.96. The Bertz CT molecular complexity index is 622. The number of fused-ring (bicyclic) bond motifs is 1. The molecule has 3 rings (SSSR count). The third-order valence-electron chi connectivity index (χ3n) is 4.50. The summed E-state index contributed by atoms with van der Waals surface area (Å²) in [6.45, 7) is 4.41. The molecular formula is C16H21N3O3S. The zero-order chi connectivity index (χ0) is 16.8. The molecule has 4 N–H and O–H groups in total. The zero-order valence-electron chi connectivity index (χ0n) is 13.1. The molecule has 4 atom stereocenters. The van der Waals surface area contributed by atoms with Crippen LogP contribution in [0, 0.1) is 0 Å². The number of nitrogens with zero attached hydrogens (tertiary/aromatic N) is 1. The maximum absolute atomic E-state index is 12.3. The Morgan fingerprint density at radius 3 is 2.65 bits per heavy atom. The summed E-state index contributed by atoms with van der Waals surface area (Å²) < 4.78 is -0.377. The van der Waals surface area contributed by atoms with E-state index >= 15 is 0 Å². The van der Waals surface area contributed by atoms with Crippen molar-refractivity contribution in [2.45, 2.75) is 42.1 Å². The summed E-state index contributed by atoms with van der Waals surface area (Å²) in [6, 6.07) is 7.93. The molecule has 0 spiro atoms. The first-order valence-corrected chi connectivity index (χ1v) is 8.46. The van der Waals surface area contributed by atoms with Crippen LogP contribution in [0.5, 0.6) is 0 Å². The molecule has 4 unspecified atom stereocenters. The molecule has 7 heteroatoms. The predicted octanol–water partition coefficient (Wildman–Crippen LogP) is 0.791. The number of nitrogens with one attached hydrogen (secondary N) is 1. The highest BCUT2D eigenvalue weighted by Crippen LogP contribution is 2.50. The molecule has 124 valence electrons. The summed E-state index contributed by atoms with van der Waals surface area (Å²) in [5, 5.41) is 12.4. The first-order valence-electron chi connectivity index (χ1n) is 7.58. The molecule has 0 bridgehead atoms. The number of carboxylic acids is 1. The molecule has 0 aromatic heterocycles. The maximum Gasteiger partial charge on any atom is 0.322 e. The van der Waals surface area contributed by atoms with E-state index in [9.17, 15) is 14.7 Å². The highest BCUT2D eigenvalue weighted by Gasteiger charge is 2.59. The van der Waals surface area contributed by atoms with E-state index in [-0.39, 0.29) is 22.1 Å². The van der Waals surface area contributed by atoms with Crippen LogP contribution in [0.4, 0.5) is 0 Å². The molecule has 2 fully saturated rings. The number of rotatable bonds is 4. The molecule has 6 nitrogen and oxygen atoms in total. The van der Waals surface area contributed by atoms with Crippen LogP contribution in [-0.2, 0) is 9.59 Å². The van der Waals surface area contributed by atoms with Gasteiger partial charge in [-0.1, -0.05) is 30.3 Å². The number of nitrogens with two attached hydrogens (primary N) is 1. The Kier molecular flexibility index (Phi) is 4.12. The van der Waals surface area contributed by atoms with Gasteiger partial charge in [-0.05, 0) is 19.4 Å². The summed E-state index contributed by atoms with van der Waals surface area (Å²) in [6.07, 6.45) is 0. The fraction of sp³-hybridized carbons (Fsp3) is 0.500. The molecule has 2 saturated heterocycles. The average molecular weight is 335 g/mol. The quantitative estimate of drug-likeness (QED) is 0.753. The van der Waals surface area contributed by atoms with E-state index in [0.717, 1.165) is 5.56 Å². The zero-order valence-corrected chi connectivity index (χ0v) is 13.9. The van der Waals surface area contributed by atoms with Gasteiger partial charge in [0, 0.05) is 11.3 Å². The van der Waals surface area contributed by atoms with E-state index in [0.29, 0.717) is 6.54 Å². The Labute approximate surface area is 139 Å². The summed E-state index contributed by atoms with van der Waals surface area (Å²) in [7, 11) is 0. The third-order valence-corrected chi connectivity index (χ3v) is 6.17. The number of carbonyl (C=O) groups is 2. The number of hydrogen-bond donors (Lipinski definition) is 3. The molecule has 2 aliphatic heterocycles. The van der Waals surface area contributed by atoms with E-state index in [4.69, 9.17) is 5.73 Å². The van der Waals surface area contributed by atoms with Crippen molar-refractivity contribution in [3.63, 3.8) is 0 Å². The van der Waals surface area contributed by atoms with Gasteiger partial charge >= 0.3 is 5.97 Å². The number of carbonyl (C=O) groups excluding carboxylic acids is 1. The van der Waals surface area contributed by atoms with Crippen molar-refractivity contribution in [1.29, 1.82) is 0 Å². The van der Waals surface area contributed by atoms with Gasteiger partial charge in [0.15, 0.2) is 0 Å². The SMILES string of the molecule is CC1(C)SC2C(NC(=O)C(N)c3ccccc3)CN2C1C(=O)O. The number of hydrogen-bond acceptors (Lipinski definition) is 5. The Morgan fingerprint density at radius 2 is 2.04 bits per heavy atom. The largest absolute Gasteiger partial charge is 0.480 e. The van der Waals surface area contributed by atoms with Crippen LogP contribution in [0.15, 0.2) is 30.3 Å². The van der Waals surface area contributed by atoms with Crippen molar-refractivity contribution in [2.75, 3.05) is 6.54 Å². The van der Waals surface area contributed by atoms with E-state index in [2.05, 4.69) is 5.32 Å². The Balaban J connectivity index is 1.63. The number of carboxylic acid groups (broad SMARTS) is 1. The second-order valence-corrected chi connectivity index (χ2v) is 8.32. The van der Waals surface area contributed by atoms with Crippen molar-refractivity contribution in [1.82, 2.24) is 10.2 Å². The second kappa shape index (κ2) is 5.81. The molecule has 0 aliphatic carbocycles. The van der Waals surface area contributed by atoms with E-state index in [1.54, 1.807) is 11.8 Å². The van der Waals surface area contributed by atoms with Gasteiger partial charge in [-0.15, -0.1) is 11.8 Å². The first kappa shape index (κ1) is 16.3. The monoisotopic (exact) mass is 335 g/mol. The number of thioether (sulfide) groups is 1. The number of benzene rings is 1. The molecule has 1 amide bonds. The van der Waals surface area contributed by atoms with Gasteiger partial charge in [-0.25, -0.2) is 0 Å². The summed E-state index contributed by atoms with van der Waals surface area (Å²) in [4.78, 5) is 25.7. The fourth-order valence-corrected chi connectivity index (χ4v) is 4.98. The number of aliphatic carboxylic acids is 1. The smallest absolute Gasteiger partial charge is 0.322 e. The molecule has 2 aliphatic rings. The van der Waals surface area contributed by atoms with Gasteiger partial charge in [0.1, 0.15) is 12.1 Å². The second-order valence-electron chi connectivity index (χ2n) is 6.55. The summed E-state index contributed by atoms with van der Waals surface area (Å²) in [5.74, 6) is -1.03. The highest BCUT2D eigenvalue weighted by molar-refractivity contribution is 8.01. The topological polar surface area (TPSA) is 95.7 Å².